The van der Waals surface area contributed by atoms with Gasteiger partial charge in [-0.1, -0.05) is 11.6 Å². The van der Waals surface area contributed by atoms with E-state index in [1.165, 1.54) is 0 Å². The third-order valence-electron chi connectivity index (χ3n) is 3.85. The smallest absolute Gasteiger partial charge is 0.257 e. The molecule has 1 aliphatic heterocycles. The first-order valence-electron chi connectivity index (χ1n) is 8.31. The summed E-state index contributed by atoms with van der Waals surface area (Å²) in [5, 5.41) is 6.37. The van der Waals surface area contributed by atoms with E-state index in [1.54, 1.807) is 17.8 Å². The Morgan fingerprint density at radius 1 is 1.19 bits per heavy atom. The molecule has 1 aliphatic rings. The Balaban J connectivity index is 1.37. The number of carbonyl (C=O) groups is 2. The average Bonchev–Trinajstić information content (AvgIpc) is 2.65. The molecule has 3 rings (SSSR count). The van der Waals surface area contributed by atoms with Crippen molar-refractivity contribution in [3.05, 3.63) is 53.1 Å². The summed E-state index contributed by atoms with van der Waals surface area (Å²) in [5.41, 5.74) is 1.85. The van der Waals surface area contributed by atoms with Crippen LogP contribution in [0, 0.1) is 0 Å². The molecule has 0 bridgehead atoms. The van der Waals surface area contributed by atoms with Gasteiger partial charge in [0.15, 0.2) is 6.61 Å². The van der Waals surface area contributed by atoms with Gasteiger partial charge in [-0.3, -0.25) is 9.59 Å². The quantitative estimate of drug-likeness (QED) is 0.560. The molecular formula is C19H19ClN2O3S. The summed E-state index contributed by atoms with van der Waals surface area (Å²) in [5.74, 6) is 1.27. The molecule has 0 atom stereocenters. The third-order valence-corrected chi connectivity index (χ3v) is 5.11. The van der Waals surface area contributed by atoms with Gasteiger partial charge in [0.1, 0.15) is 5.75 Å². The molecule has 0 radical (unpaired) electrons. The Kier molecular flexibility index (Phi) is 6.41. The van der Waals surface area contributed by atoms with Crippen molar-refractivity contribution >= 4 is 40.9 Å². The summed E-state index contributed by atoms with van der Waals surface area (Å²) < 4.78 is 5.54. The number of carbonyl (C=O) groups excluding carboxylic acids is 2. The van der Waals surface area contributed by atoms with Crippen molar-refractivity contribution in [3.8, 4) is 5.75 Å². The Labute approximate surface area is 161 Å². The minimum absolute atomic E-state index is 0.0296. The molecule has 26 heavy (non-hydrogen) atoms. The highest BCUT2D eigenvalue weighted by Gasteiger charge is 2.15. The fraction of sp³-hybridized carbons (Fsp3) is 0.263. The van der Waals surface area contributed by atoms with Gasteiger partial charge in [-0.05, 0) is 54.4 Å². The van der Waals surface area contributed by atoms with Gasteiger partial charge in [-0.2, -0.15) is 0 Å². The fourth-order valence-corrected chi connectivity index (χ4v) is 3.43. The standard InChI is InChI=1S/C19H19ClN2O3S/c20-14-2-5-16(6-3-14)26-10-9-21-19(24)12-25-15-4-7-17-13(11-15)1-8-18(23)22-17/h2-7,11H,1,8-10,12H2,(H,21,24)(H,22,23). The van der Waals surface area contributed by atoms with Crippen molar-refractivity contribution < 1.29 is 14.3 Å². The molecular weight excluding hydrogens is 372 g/mol. The van der Waals surface area contributed by atoms with Crippen LogP contribution >= 0.6 is 23.4 Å². The minimum Gasteiger partial charge on any atom is -0.484 e. The van der Waals surface area contributed by atoms with Gasteiger partial charge in [-0.15, -0.1) is 11.8 Å². The summed E-state index contributed by atoms with van der Waals surface area (Å²) in [6, 6.07) is 13.0. The number of amides is 2. The maximum absolute atomic E-state index is 11.9. The molecule has 2 aromatic rings. The van der Waals surface area contributed by atoms with Crippen molar-refractivity contribution in [1.82, 2.24) is 5.32 Å². The van der Waals surface area contributed by atoms with E-state index in [4.69, 9.17) is 16.3 Å². The predicted octanol–water partition coefficient (Wildman–Crippen LogP) is 3.51. The normalized spacial score (nSPS) is 12.9. The number of ether oxygens (including phenoxy) is 1. The second-order valence-electron chi connectivity index (χ2n) is 5.81. The largest absolute Gasteiger partial charge is 0.484 e. The topological polar surface area (TPSA) is 67.4 Å². The molecule has 5 nitrogen and oxygen atoms in total. The van der Waals surface area contributed by atoms with Gasteiger partial charge in [0.05, 0.1) is 0 Å². The molecule has 0 aliphatic carbocycles. The fourth-order valence-electron chi connectivity index (χ4n) is 2.54. The average molecular weight is 391 g/mol. The van der Waals surface area contributed by atoms with Crippen LogP contribution < -0.4 is 15.4 Å². The molecule has 2 amide bonds. The summed E-state index contributed by atoms with van der Waals surface area (Å²) in [6.45, 7) is 0.530. The Morgan fingerprint density at radius 3 is 2.81 bits per heavy atom. The first-order valence-corrected chi connectivity index (χ1v) is 9.67. The van der Waals surface area contributed by atoms with Crippen molar-refractivity contribution in [2.24, 2.45) is 0 Å². The predicted molar refractivity (Wildman–Crippen MR) is 104 cm³/mol. The molecule has 1 heterocycles. The van der Waals surface area contributed by atoms with Crippen LogP contribution in [0.5, 0.6) is 5.75 Å². The lowest BCUT2D eigenvalue weighted by Gasteiger charge is -2.17. The first kappa shape index (κ1) is 18.6. The number of rotatable bonds is 7. The van der Waals surface area contributed by atoms with Gasteiger partial charge < -0.3 is 15.4 Å². The van der Waals surface area contributed by atoms with Crippen molar-refractivity contribution in [2.75, 3.05) is 24.2 Å². The number of halogens is 1. The number of nitrogens with one attached hydrogen (secondary N) is 2. The molecule has 2 aromatic carbocycles. The Hall–Kier alpha value is -2.18. The van der Waals surface area contributed by atoms with E-state index in [2.05, 4.69) is 10.6 Å². The highest BCUT2D eigenvalue weighted by atomic mass is 35.5. The second kappa shape index (κ2) is 8.96. The van der Waals surface area contributed by atoms with E-state index in [9.17, 15) is 9.59 Å². The summed E-state index contributed by atoms with van der Waals surface area (Å²) in [6.07, 6.45) is 1.16. The molecule has 7 heteroatoms. The first-order chi connectivity index (χ1) is 12.6. The zero-order valence-electron chi connectivity index (χ0n) is 14.1. The summed E-state index contributed by atoms with van der Waals surface area (Å²) in [7, 11) is 0. The van der Waals surface area contributed by atoms with Crippen LogP contribution in [-0.2, 0) is 16.0 Å². The monoisotopic (exact) mass is 390 g/mol. The molecule has 0 saturated carbocycles. The summed E-state index contributed by atoms with van der Waals surface area (Å²) >= 11 is 7.50. The highest BCUT2D eigenvalue weighted by Crippen LogP contribution is 2.26. The number of hydrogen-bond donors (Lipinski definition) is 2. The van der Waals surface area contributed by atoms with Crippen LogP contribution in [0.1, 0.15) is 12.0 Å². The number of anilines is 1. The Bertz CT molecular complexity index is 796. The lowest BCUT2D eigenvalue weighted by atomic mass is 10.0. The van der Waals surface area contributed by atoms with E-state index in [0.29, 0.717) is 30.2 Å². The number of thioether (sulfide) groups is 1. The van der Waals surface area contributed by atoms with Crippen LogP contribution in [0.15, 0.2) is 47.4 Å². The Morgan fingerprint density at radius 2 is 2.00 bits per heavy atom. The van der Waals surface area contributed by atoms with Crippen LogP contribution in [0.4, 0.5) is 5.69 Å². The highest BCUT2D eigenvalue weighted by molar-refractivity contribution is 7.99. The molecule has 136 valence electrons. The van der Waals surface area contributed by atoms with E-state index >= 15 is 0 Å². The molecule has 0 saturated heterocycles. The maximum Gasteiger partial charge on any atom is 0.257 e. The van der Waals surface area contributed by atoms with E-state index < -0.39 is 0 Å². The van der Waals surface area contributed by atoms with Gasteiger partial charge >= 0.3 is 0 Å². The van der Waals surface area contributed by atoms with E-state index in [-0.39, 0.29) is 18.4 Å². The second-order valence-corrected chi connectivity index (χ2v) is 7.41. The van der Waals surface area contributed by atoms with Gasteiger partial charge in [-0.25, -0.2) is 0 Å². The van der Waals surface area contributed by atoms with Crippen LogP contribution in [0.2, 0.25) is 5.02 Å². The van der Waals surface area contributed by atoms with Crippen LogP contribution in [0.25, 0.3) is 0 Å². The number of hydrogen-bond acceptors (Lipinski definition) is 4. The zero-order valence-corrected chi connectivity index (χ0v) is 15.7. The lowest BCUT2D eigenvalue weighted by Crippen LogP contribution is -2.30. The van der Waals surface area contributed by atoms with Gasteiger partial charge in [0, 0.05) is 34.3 Å². The lowest BCUT2D eigenvalue weighted by molar-refractivity contribution is -0.123. The molecule has 0 unspecified atom stereocenters. The van der Waals surface area contributed by atoms with E-state index in [1.807, 2.05) is 36.4 Å². The molecule has 0 spiro atoms. The number of fused-ring (bicyclic) bond motifs is 1. The van der Waals surface area contributed by atoms with E-state index in [0.717, 1.165) is 21.9 Å². The molecule has 0 fully saturated rings. The van der Waals surface area contributed by atoms with Crippen LogP contribution in [-0.4, -0.2) is 30.7 Å². The van der Waals surface area contributed by atoms with Crippen LogP contribution in [0.3, 0.4) is 0 Å². The number of aryl methyl sites for hydroxylation is 1. The van der Waals surface area contributed by atoms with Crippen molar-refractivity contribution in [3.63, 3.8) is 0 Å². The SMILES string of the molecule is O=C(COc1ccc2c(c1)CCC(=O)N2)NCCSc1ccc(Cl)cc1. The zero-order chi connectivity index (χ0) is 18.4. The van der Waals surface area contributed by atoms with Crippen molar-refractivity contribution in [2.45, 2.75) is 17.7 Å². The summed E-state index contributed by atoms with van der Waals surface area (Å²) in [4.78, 5) is 24.3. The maximum atomic E-state index is 11.9. The number of benzene rings is 2. The molecule has 2 N–H and O–H groups in total. The van der Waals surface area contributed by atoms with Gasteiger partial charge in [0.25, 0.3) is 5.91 Å². The van der Waals surface area contributed by atoms with Gasteiger partial charge in [0.2, 0.25) is 5.91 Å². The minimum atomic E-state index is -0.160. The van der Waals surface area contributed by atoms with Crippen molar-refractivity contribution in [1.29, 1.82) is 0 Å². The molecule has 0 aromatic heterocycles. The third kappa shape index (κ3) is 5.41.